The molecule has 0 fully saturated rings. The molecule has 4 aromatic rings. The molecule has 5 heteroatoms. The van der Waals surface area contributed by atoms with Gasteiger partial charge in [0.15, 0.2) is 0 Å². The quantitative estimate of drug-likeness (QED) is 0.575. The minimum atomic E-state index is 0.647. The zero-order valence-electron chi connectivity index (χ0n) is 13.7. The number of rotatable bonds is 4. The highest BCUT2D eigenvalue weighted by Gasteiger charge is 2.09. The molecule has 0 saturated carbocycles. The van der Waals surface area contributed by atoms with Crippen molar-refractivity contribution in [2.24, 2.45) is 0 Å². The summed E-state index contributed by atoms with van der Waals surface area (Å²) in [6.45, 7) is 0.766. The summed E-state index contributed by atoms with van der Waals surface area (Å²) in [6.07, 6.45) is 3.56. The van der Waals surface area contributed by atoms with Crippen molar-refractivity contribution in [3.63, 3.8) is 0 Å². The predicted molar refractivity (Wildman–Crippen MR) is 94.0 cm³/mol. The van der Waals surface area contributed by atoms with E-state index in [1.54, 1.807) is 6.26 Å². The molecule has 2 aromatic carbocycles. The standard InChI is InChI=1S/C19H18N4O/c1-22(2)11-15-12-24-19(21-15)14-7-9-16(10-8-14)23-13-20-17-5-3-4-6-18(17)23/h3-10,12-13H,11H2,1-2H3. The Balaban J connectivity index is 1.64. The van der Waals surface area contributed by atoms with Gasteiger partial charge in [-0.25, -0.2) is 9.97 Å². The number of hydrogen-bond donors (Lipinski definition) is 0. The third-order valence-corrected chi connectivity index (χ3v) is 3.88. The summed E-state index contributed by atoms with van der Waals surface area (Å²) in [5, 5.41) is 0. The van der Waals surface area contributed by atoms with Gasteiger partial charge in [0.25, 0.3) is 0 Å². The first-order valence-corrected chi connectivity index (χ1v) is 7.83. The van der Waals surface area contributed by atoms with E-state index in [0.29, 0.717) is 5.89 Å². The smallest absolute Gasteiger partial charge is 0.226 e. The topological polar surface area (TPSA) is 47.1 Å². The molecule has 2 heterocycles. The van der Waals surface area contributed by atoms with Crippen molar-refractivity contribution >= 4 is 11.0 Å². The van der Waals surface area contributed by atoms with Crippen LogP contribution in [-0.4, -0.2) is 33.5 Å². The zero-order valence-corrected chi connectivity index (χ0v) is 13.7. The Labute approximate surface area is 140 Å². The molecule has 2 aromatic heterocycles. The van der Waals surface area contributed by atoms with Gasteiger partial charge in [-0.3, -0.25) is 4.57 Å². The Hall–Kier alpha value is -2.92. The molecular weight excluding hydrogens is 300 g/mol. The van der Waals surface area contributed by atoms with E-state index in [0.717, 1.165) is 34.5 Å². The molecule has 0 amide bonds. The van der Waals surface area contributed by atoms with Crippen molar-refractivity contribution in [3.8, 4) is 17.1 Å². The molecule has 0 spiro atoms. The van der Waals surface area contributed by atoms with Gasteiger partial charge in [-0.15, -0.1) is 0 Å². The van der Waals surface area contributed by atoms with Crippen molar-refractivity contribution in [1.82, 2.24) is 19.4 Å². The number of benzene rings is 2. The van der Waals surface area contributed by atoms with Crippen LogP contribution in [0, 0.1) is 0 Å². The van der Waals surface area contributed by atoms with Gasteiger partial charge in [-0.2, -0.15) is 0 Å². The Morgan fingerprint density at radius 3 is 2.62 bits per heavy atom. The van der Waals surface area contributed by atoms with Crippen LogP contribution in [0.4, 0.5) is 0 Å². The lowest BCUT2D eigenvalue weighted by Gasteiger charge is -2.05. The molecule has 0 unspecified atom stereocenters. The fraction of sp³-hybridized carbons (Fsp3) is 0.158. The van der Waals surface area contributed by atoms with Crippen LogP contribution >= 0.6 is 0 Å². The van der Waals surface area contributed by atoms with Crippen molar-refractivity contribution in [2.75, 3.05) is 14.1 Å². The highest BCUT2D eigenvalue weighted by atomic mass is 16.3. The van der Waals surface area contributed by atoms with E-state index < -0.39 is 0 Å². The third kappa shape index (κ3) is 2.70. The number of aromatic nitrogens is 3. The Morgan fingerprint density at radius 1 is 1.04 bits per heavy atom. The normalized spacial score (nSPS) is 11.5. The van der Waals surface area contributed by atoms with Crippen LogP contribution in [0.15, 0.2) is 65.5 Å². The van der Waals surface area contributed by atoms with Gasteiger partial charge >= 0.3 is 0 Å². The van der Waals surface area contributed by atoms with E-state index >= 15 is 0 Å². The highest BCUT2D eigenvalue weighted by Crippen LogP contribution is 2.23. The summed E-state index contributed by atoms with van der Waals surface area (Å²) in [5.74, 6) is 0.647. The van der Waals surface area contributed by atoms with Gasteiger partial charge in [-0.1, -0.05) is 12.1 Å². The summed E-state index contributed by atoms with van der Waals surface area (Å²) >= 11 is 0. The van der Waals surface area contributed by atoms with Crippen LogP contribution in [0.25, 0.3) is 28.2 Å². The predicted octanol–water partition coefficient (Wildman–Crippen LogP) is 3.74. The van der Waals surface area contributed by atoms with Gasteiger partial charge in [0.2, 0.25) is 5.89 Å². The molecule has 0 bridgehead atoms. The lowest BCUT2D eigenvalue weighted by atomic mass is 10.2. The maximum Gasteiger partial charge on any atom is 0.226 e. The lowest BCUT2D eigenvalue weighted by molar-refractivity contribution is 0.396. The van der Waals surface area contributed by atoms with Crippen LogP contribution in [0.2, 0.25) is 0 Å². The summed E-state index contributed by atoms with van der Waals surface area (Å²) < 4.78 is 7.67. The first-order chi connectivity index (χ1) is 11.7. The van der Waals surface area contributed by atoms with Crippen molar-refractivity contribution in [2.45, 2.75) is 6.54 Å². The van der Waals surface area contributed by atoms with E-state index in [9.17, 15) is 0 Å². The molecule has 0 aliphatic heterocycles. The van der Waals surface area contributed by atoms with Gasteiger partial charge < -0.3 is 9.32 Å². The Morgan fingerprint density at radius 2 is 1.83 bits per heavy atom. The maximum absolute atomic E-state index is 5.60. The first kappa shape index (κ1) is 14.7. The molecule has 0 aliphatic carbocycles. The fourth-order valence-electron chi connectivity index (χ4n) is 2.77. The summed E-state index contributed by atoms with van der Waals surface area (Å²) in [5.41, 5.74) is 5.04. The SMILES string of the molecule is CN(C)Cc1coc(-c2ccc(-n3cnc4ccccc43)cc2)n1. The second kappa shape index (κ2) is 5.94. The van der Waals surface area contributed by atoms with Crippen LogP contribution in [0.1, 0.15) is 5.69 Å². The molecule has 0 aliphatic rings. The Bertz CT molecular complexity index is 966. The molecule has 0 saturated heterocycles. The average Bonchev–Trinajstić information content (AvgIpc) is 3.21. The second-order valence-electron chi connectivity index (χ2n) is 6.03. The van der Waals surface area contributed by atoms with Crippen LogP contribution in [-0.2, 0) is 6.54 Å². The molecule has 0 atom stereocenters. The van der Waals surface area contributed by atoms with Crippen molar-refractivity contribution < 1.29 is 4.42 Å². The van der Waals surface area contributed by atoms with Gasteiger partial charge in [-0.05, 0) is 50.5 Å². The monoisotopic (exact) mass is 318 g/mol. The number of imidazole rings is 1. The molecule has 24 heavy (non-hydrogen) atoms. The van der Waals surface area contributed by atoms with Crippen molar-refractivity contribution in [3.05, 3.63) is 66.8 Å². The number of fused-ring (bicyclic) bond motifs is 1. The van der Waals surface area contributed by atoms with E-state index in [-0.39, 0.29) is 0 Å². The van der Waals surface area contributed by atoms with E-state index in [1.165, 1.54) is 0 Å². The number of para-hydroxylation sites is 2. The summed E-state index contributed by atoms with van der Waals surface area (Å²) in [7, 11) is 4.02. The average molecular weight is 318 g/mol. The van der Waals surface area contributed by atoms with Gasteiger partial charge in [0.05, 0.1) is 16.7 Å². The van der Waals surface area contributed by atoms with E-state index in [2.05, 4.69) is 37.6 Å². The summed E-state index contributed by atoms with van der Waals surface area (Å²) in [4.78, 5) is 11.0. The highest BCUT2D eigenvalue weighted by molar-refractivity contribution is 5.77. The van der Waals surface area contributed by atoms with Crippen molar-refractivity contribution in [1.29, 1.82) is 0 Å². The lowest BCUT2D eigenvalue weighted by Crippen LogP contribution is -2.10. The minimum Gasteiger partial charge on any atom is -0.444 e. The molecule has 5 nitrogen and oxygen atoms in total. The largest absolute Gasteiger partial charge is 0.444 e. The molecule has 0 N–H and O–H groups in total. The maximum atomic E-state index is 5.60. The molecule has 120 valence electrons. The van der Waals surface area contributed by atoms with Crippen LogP contribution < -0.4 is 0 Å². The van der Waals surface area contributed by atoms with Crippen LogP contribution in [0.3, 0.4) is 0 Å². The summed E-state index contributed by atoms with van der Waals surface area (Å²) in [6, 6.07) is 16.3. The fourth-order valence-corrected chi connectivity index (χ4v) is 2.77. The number of nitrogens with zero attached hydrogens (tertiary/aromatic N) is 4. The zero-order chi connectivity index (χ0) is 16.5. The minimum absolute atomic E-state index is 0.647. The third-order valence-electron chi connectivity index (χ3n) is 3.88. The second-order valence-corrected chi connectivity index (χ2v) is 6.03. The Kier molecular flexibility index (Phi) is 3.63. The van der Waals surface area contributed by atoms with E-state index in [4.69, 9.17) is 4.42 Å². The molecule has 4 rings (SSSR count). The number of oxazole rings is 1. The number of hydrogen-bond acceptors (Lipinski definition) is 4. The van der Waals surface area contributed by atoms with Gasteiger partial charge in [0.1, 0.15) is 12.6 Å². The molecule has 0 radical (unpaired) electrons. The van der Waals surface area contributed by atoms with Crippen LogP contribution in [0.5, 0.6) is 0 Å². The first-order valence-electron chi connectivity index (χ1n) is 7.83. The van der Waals surface area contributed by atoms with E-state index in [1.807, 2.05) is 50.8 Å². The van der Waals surface area contributed by atoms with Gasteiger partial charge in [0, 0.05) is 17.8 Å². The molecular formula is C19H18N4O.